The van der Waals surface area contributed by atoms with Crippen LogP contribution in [0.4, 0.5) is 0 Å². The van der Waals surface area contributed by atoms with Gasteiger partial charge in [0, 0.05) is 54.7 Å². The summed E-state index contributed by atoms with van der Waals surface area (Å²) in [6.45, 7) is 0. The van der Waals surface area contributed by atoms with Gasteiger partial charge in [0.2, 0.25) is 5.95 Å². The van der Waals surface area contributed by atoms with Crippen LogP contribution in [-0.2, 0) is 0 Å². The van der Waals surface area contributed by atoms with Crippen molar-refractivity contribution in [2.24, 2.45) is 0 Å². The van der Waals surface area contributed by atoms with Crippen molar-refractivity contribution >= 4 is 65.6 Å². The van der Waals surface area contributed by atoms with Gasteiger partial charge in [-0.05, 0) is 35.9 Å². The van der Waals surface area contributed by atoms with Gasteiger partial charge in [-0.15, -0.1) is 0 Å². The van der Waals surface area contributed by atoms with Crippen LogP contribution in [0.2, 0.25) is 0 Å². The van der Waals surface area contributed by atoms with Crippen molar-refractivity contribution in [3.05, 3.63) is 188 Å². The molecule has 12 aromatic rings. The van der Waals surface area contributed by atoms with Crippen LogP contribution in [0.5, 0.6) is 0 Å². The summed E-state index contributed by atoms with van der Waals surface area (Å²) < 4.78 is 11.0. The van der Waals surface area contributed by atoms with Crippen molar-refractivity contribution in [2.45, 2.75) is 0 Å². The molecule has 0 fully saturated rings. The Bertz CT molecular complexity index is 3510. The second-order valence-electron chi connectivity index (χ2n) is 14.4. The van der Waals surface area contributed by atoms with E-state index in [1.807, 2.05) is 30.3 Å². The molecule has 4 aromatic heterocycles. The minimum atomic E-state index is 0.554. The molecule has 6 heteroatoms. The van der Waals surface area contributed by atoms with Gasteiger partial charge in [-0.25, -0.2) is 4.98 Å². The molecule has 12 rings (SSSR count). The average molecular weight is 730 g/mol. The zero-order valence-electron chi connectivity index (χ0n) is 30.5. The summed E-state index contributed by atoms with van der Waals surface area (Å²) in [5, 5.41) is 6.84. The van der Waals surface area contributed by atoms with E-state index in [1.165, 1.54) is 10.8 Å². The van der Waals surface area contributed by atoms with E-state index >= 15 is 0 Å². The topological polar surface area (TPSA) is 61.7 Å². The minimum absolute atomic E-state index is 0.554. The fourth-order valence-electron chi connectivity index (χ4n) is 8.64. The lowest BCUT2D eigenvalue weighted by Crippen LogP contribution is -2.07. The van der Waals surface area contributed by atoms with Crippen molar-refractivity contribution in [1.82, 2.24) is 24.1 Å². The van der Waals surface area contributed by atoms with Crippen LogP contribution in [0.1, 0.15) is 0 Å². The number of fused-ring (bicyclic) bond motifs is 10. The Hall–Kier alpha value is -7.83. The molecule has 0 aliphatic carbocycles. The third kappa shape index (κ3) is 4.81. The smallest absolute Gasteiger partial charge is 0.238 e. The Balaban J connectivity index is 1.12. The van der Waals surface area contributed by atoms with Crippen molar-refractivity contribution in [2.75, 3.05) is 0 Å². The van der Waals surface area contributed by atoms with Gasteiger partial charge in [-0.1, -0.05) is 158 Å². The molecule has 0 atom stereocenters. The van der Waals surface area contributed by atoms with E-state index in [9.17, 15) is 0 Å². The molecule has 0 unspecified atom stereocenters. The lowest BCUT2D eigenvalue weighted by molar-refractivity contribution is 0.670. The summed E-state index contributed by atoms with van der Waals surface area (Å²) in [7, 11) is 0. The first-order chi connectivity index (χ1) is 28.3. The van der Waals surface area contributed by atoms with E-state index in [4.69, 9.17) is 19.4 Å². The predicted octanol–water partition coefficient (Wildman–Crippen LogP) is 13.0. The van der Waals surface area contributed by atoms with Crippen LogP contribution in [0, 0.1) is 0 Å². The van der Waals surface area contributed by atoms with Gasteiger partial charge in [-0.3, -0.25) is 4.57 Å². The maximum Gasteiger partial charge on any atom is 0.238 e. The minimum Gasteiger partial charge on any atom is -0.455 e. The molecule has 0 radical (unpaired) electrons. The number of nitrogens with zero attached hydrogens (tertiary/aromatic N) is 5. The zero-order valence-corrected chi connectivity index (χ0v) is 30.5. The van der Waals surface area contributed by atoms with E-state index < -0.39 is 0 Å². The van der Waals surface area contributed by atoms with Crippen molar-refractivity contribution in [1.29, 1.82) is 0 Å². The Kier molecular flexibility index (Phi) is 6.83. The molecular formula is C51H31N5O. The van der Waals surface area contributed by atoms with Crippen LogP contribution >= 0.6 is 0 Å². The highest BCUT2D eigenvalue weighted by Gasteiger charge is 2.23. The lowest BCUT2D eigenvalue weighted by atomic mass is 10.0. The average Bonchev–Trinajstić information content (AvgIpc) is 3.95. The molecule has 57 heavy (non-hydrogen) atoms. The Morgan fingerprint density at radius 3 is 1.58 bits per heavy atom. The highest BCUT2D eigenvalue weighted by Crippen LogP contribution is 2.42. The first-order valence-corrected chi connectivity index (χ1v) is 19.1. The quantitative estimate of drug-likeness (QED) is 0.177. The van der Waals surface area contributed by atoms with Gasteiger partial charge < -0.3 is 8.98 Å². The molecule has 0 spiro atoms. The summed E-state index contributed by atoms with van der Waals surface area (Å²) in [6, 6.07) is 65.4. The number of aromatic nitrogens is 5. The monoisotopic (exact) mass is 729 g/mol. The van der Waals surface area contributed by atoms with Crippen molar-refractivity contribution in [3.8, 4) is 45.5 Å². The first-order valence-electron chi connectivity index (χ1n) is 19.1. The molecule has 0 N–H and O–H groups in total. The number of para-hydroxylation sites is 5. The summed E-state index contributed by atoms with van der Waals surface area (Å²) in [5.41, 5.74) is 11.1. The normalized spacial score (nSPS) is 11.9. The number of rotatable bonds is 5. The Morgan fingerprint density at radius 1 is 0.351 bits per heavy atom. The van der Waals surface area contributed by atoms with Crippen LogP contribution in [0.3, 0.4) is 0 Å². The number of hydrogen-bond acceptors (Lipinski definition) is 4. The standard InChI is InChI=1S/C51H31N5O/c1-3-14-33(15-4-1)49-52-50(34-28-26-32(27-29-34)36-21-13-22-42-39-20-9-12-25-45(39)57-48(36)42)54-51(53-49)56-44-24-11-8-19-38(44)41-31-30-40-37-18-7-10-23-43(37)55(46(40)47(41)56)35-16-5-2-6-17-35/h1-31H. The van der Waals surface area contributed by atoms with Gasteiger partial charge in [-0.2, -0.15) is 9.97 Å². The van der Waals surface area contributed by atoms with Gasteiger partial charge in [0.05, 0.1) is 22.1 Å². The van der Waals surface area contributed by atoms with Crippen molar-refractivity contribution < 1.29 is 4.42 Å². The highest BCUT2D eigenvalue weighted by atomic mass is 16.3. The van der Waals surface area contributed by atoms with Gasteiger partial charge in [0.1, 0.15) is 11.2 Å². The molecule has 6 nitrogen and oxygen atoms in total. The van der Waals surface area contributed by atoms with E-state index in [0.717, 1.165) is 82.7 Å². The molecule has 0 aliphatic rings. The van der Waals surface area contributed by atoms with Gasteiger partial charge in [0.25, 0.3) is 0 Å². The maximum atomic E-state index is 6.39. The molecule has 0 saturated carbocycles. The predicted molar refractivity (Wildman–Crippen MR) is 232 cm³/mol. The van der Waals surface area contributed by atoms with Crippen LogP contribution in [0.25, 0.3) is 111 Å². The SMILES string of the molecule is c1ccc(-c2nc(-c3ccc(-c4cccc5c4oc4ccccc45)cc3)nc(-n3c4ccccc4c4ccc5c6ccccc6n(-c6ccccc6)c5c43)n2)cc1. The number of benzene rings is 8. The van der Waals surface area contributed by atoms with Crippen LogP contribution in [0.15, 0.2) is 192 Å². The molecule has 0 saturated heterocycles. The maximum absolute atomic E-state index is 6.39. The third-order valence-corrected chi connectivity index (χ3v) is 11.2. The van der Waals surface area contributed by atoms with Crippen LogP contribution in [-0.4, -0.2) is 24.1 Å². The largest absolute Gasteiger partial charge is 0.455 e. The van der Waals surface area contributed by atoms with Gasteiger partial charge >= 0.3 is 0 Å². The second kappa shape index (κ2) is 12.3. The van der Waals surface area contributed by atoms with Crippen molar-refractivity contribution in [3.63, 3.8) is 0 Å². The molecular weight excluding hydrogens is 699 g/mol. The fourth-order valence-corrected chi connectivity index (χ4v) is 8.64. The molecule has 266 valence electrons. The summed E-state index contributed by atoms with van der Waals surface area (Å²) >= 11 is 0. The summed E-state index contributed by atoms with van der Waals surface area (Å²) in [6.07, 6.45) is 0. The van der Waals surface area contributed by atoms with E-state index in [1.54, 1.807) is 0 Å². The second-order valence-corrected chi connectivity index (χ2v) is 14.4. The third-order valence-electron chi connectivity index (χ3n) is 11.2. The van der Waals surface area contributed by atoms with E-state index in [0.29, 0.717) is 17.6 Å². The summed E-state index contributed by atoms with van der Waals surface area (Å²) in [5.74, 6) is 1.75. The number of hydrogen-bond donors (Lipinski definition) is 0. The molecule has 0 bridgehead atoms. The lowest BCUT2D eigenvalue weighted by Gasteiger charge is -2.13. The zero-order chi connectivity index (χ0) is 37.5. The number of furan rings is 1. The molecule has 8 aromatic carbocycles. The molecule has 0 amide bonds. The van der Waals surface area contributed by atoms with E-state index in [2.05, 4.69) is 167 Å². The Morgan fingerprint density at radius 2 is 0.877 bits per heavy atom. The molecule has 4 heterocycles. The highest BCUT2D eigenvalue weighted by molar-refractivity contribution is 6.23. The van der Waals surface area contributed by atoms with Crippen LogP contribution < -0.4 is 0 Å². The summed E-state index contributed by atoms with van der Waals surface area (Å²) in [4.78, 5) is 15.7. The first kappa shape index (κ1) is 31.5. The van der Waals surface area contributed by atoms with Gasteiger partial charge in [0.15, 0.2) is 11.6 Å². The Labute approximate surface area is 326 Å². The fraction of sp³-hybridized carbons (Fsp3) is 0. The molecule has 0 aliphatic heterocycles. The van der Waals surface area contributed by atoms with E-state index in [-0.39, 0.29) is 0 Å².